The third-order valence-electron chi connectivity index (χ3n) is 2.25. The van der Waals surface area contributed by atoms with E-state index in [0.29, 0.717) is 6.42 Å². The molecule has 3 nitrogen and oxygen atoms in total. The van der Waals surface area contributed by atoms with Gasteiger partial charge in [-0.05, 0) is 25.8 Å². The Hall–Kier alpha value is -0.540. The first-order valence-corrected chi connectivity index (χ1v) is 4.77. The van der Waals surface area contributed by atoms with Crippen molar-refractivity contribution in [3.8, 4) is 0 Å². The predicted molar refractivity (Wildman–Crippen MR) is 50.4 cm³/mol. The largest absolute Gasteiger partial charge is 0.496 e. The standard InChI is InChI=1S/C10H18O3/c1-8(12-2)7-9(11)10-5-3-4-6-13-10/h5,8-9,11H,3-4,6-7H2,1-2H3. The minimum absolute atomic E-state index is 0.0708. The molecule has 0 aromatic rings. The highest BCUT2D eigenvalue weighted by atomic mass is 16.5. The molecule has 0 aromatic heterocycles. The van der Waals surface area contributed by atoms with E-state index in [0.717, 1.165) is 25.2 Å². The van der Waals surface area contributed by atoms with Crippen molar-refractivity contribution < 1.29 is 14.6 Å². The van der Waals surface area contributed by atoms with Gasteiger partial charge in [-0.3, -0.25) is 0 Å². The zero-order valence-corrected chi connectivity index (χ0v) is 8.32. The predicted octanol–water partition coefficient (Wildman–Crippen LogP) is 1.47. The van der Waals surface area contributed by atoms with Crippen LogP contribution in [0.25, 0.3) is 0 Å². The number of ether oxygens (including phenoxy) is 2. The number of aliphatic hydroxyl groups excluding tert-OH is 1. The van der Waals surface area contributed by atoms with Crippen LogP contribution in [-0.4, -0.2) is 31.0 Å². The van der Waals surface area contributed by atoms with E-state index in [9.17, 15) is 5.11 Å². The van der Waals surface area contributed by atoms with Gasteiger partial charge in [0.15, 0.2) is 0 Å². The number of hydrogen-bond acceptors (Lipinski definition) is 3. The van der Waals surface area contributed by atoms with Gasteiger partial charge in [0, 0.05) is 13.5 Å². The Bertz CT molecular complexity index is 177. The summed E-state index contributed by atoms with van der Waals surface area (Å²) in [5, 5.41) is 9.70. The summed E-state index contributed by atoms with van der Waals surface area (Å²) in [6.07, 6.45) is 4.19. The van der Waals surface area contributed by atoms with Crippen molar-refractivity contribution in [1.82, 2.24) is 0 Å². The fourth-order valence-corrected chi connectivity index (χ4v) is 1.34. The van der Waals surface area contributed by atoms with Crippen LogP contribution < -0.4 is 0 Å². The molecule has 2 unspecified atom stereocenters. The van der Waals surface area contributed by atoms with Crippen LogP contribution in [0.1, 0.15) is 26.2 Å². The van der Waals surface area contributed by atoms with Crippen molar-refractivity contribution in [3.05, 3.63) is 11.8 Å². The number of methoxy groups -OCH3 is 1. The summed E-state index contributed by atoms with van der Waals surface area (Å²) in [5.41, 5.74) is 0. The first-order valence-electron chi connectivity index (χ1n) is 4.77. The fourth-order valence-electron chi connectivity index (χ4n) is 1.34. The lowest BCUT2D eigenvalue weighted by Gasteiger charge is -2.21. The second kappa shape index (κ2) is 5.25. The molecule has 13 heavy (non-hydrogen) atoms. The minimum Gasteiger partial charge on any atom is -0.496 e. The van der Waals surface area contributed by atoms with Crippen molar-refractivity contribution >= 4 is 0 Å². The molecular weight excluding hydrogens is 168 g/mol. The van der Waals surface area contributed by atoms with Gasteiger partial charge in [-0.1, -0.05) is 0 Å². The minimum atomic E-state index is -0.504. The SMILES string of the molecule is COC(C)CC(O)C1=CCCCO1. The molecule has 0 radical (unpaired) electrons. The van der Waals surface area contributed by atoms with Gasteiger partial charge in [-0.25, -0.2) is 0 Å². The van der Waals surface area contributed by atoms with E-state index in [1.54, 1.807) is 7.11 Å². The summed E-state index contributed by atoms with van der Waals surface area (Å²) in [4.78, 5) is 0. The van der Waals surface area contributed by atoms with Crippen LogP contribution in [0, 0.1) is 0 Å². The third kappa shape index (κ3) is 3.36. The normalized spacial score (nSPS) is 21.6. The molecule has 0 aromatic carbocycles. The number of allylic oxidation sites excluding steroid dienone is 1. The molecule has 1 aliphatic rings. The van der Waals surface area contributed by atoms with Crippen molar-refractivity contribution in [2.24, 2.45) is 0 Å². The monoisotopic (exact) mass is 186 g/mol. The summed E-state index contributed by atoms with van der Waals surface area (Å²) >= 11 is 0. The van der Waals surface area contributed by atoms with Crippen LogP contribution in [0.15, 0.2) is 11.8 Å². The molecular formula is C10H18O3. The van der Waals surface area contributed by atoms with E-state index >= 15 is 0 Å². The van der Waals surface area contributed by atoms with Crippen LogP contribution in [0.3, 0.4) is 0 Å². The van der Waals surface area contributed by atoms with Crippen LogP contribution in [0.2, 0.25) is 0 Å². The van der Waals surface area contributed by atoms with E-state index in [-0.39, 0.29) is 6.10 Å². The Morgan fingerprint density at radius 1 is 1.69 bits per heavy atom. The highest BCUT2D eigenvalue weighted by Gasteiger charge is 2.17. The summed E-state index contributed by atoms with van der Waals surface area (Å²) in [7, 11) is 1.65. The lowest BCUT2D eigenvalue weighted by Crippen LogP contribution is -2.22. The lowest BCUT2D eigenvalue weighted by atomic mass is 10.1. The molecule has 0 bridgehead atoms. The number of hydrogen-bond donors (Lipinski definition) is 1. The van der Waals surface area contributed by atoms with E-state index in [1.165, 1.54) is 0 Å². The molecule has 0 fully saturated rings. The molecule has 76 valence electrons. The van der Waals surface area contributed by atoms with Crippen molar-refractivity contribution in [2.45, 2.75) is 38.4 Å². The third-order valence-corrected chi connectivity index (χ3v) is 2.25. The smallest absolute Gasteiger partial charge is 0.121 e. The molecule has 0 spiro atoms. The quantitative estimate of drug-likeness (QED) is 0.722. The molecule has 0 amide bonds. The van der Waals surface area contributed by atoms with E-state index < -0.39 is 6.10 Å². The van der Waals surface area contributed by atoms with Crippen molar-refractivity contribution in [1.29, 1.82) is 0 Å². The van der Waals surface area contributed by atoms with Crippen LogP contribution in [-0.2, 0) is 9.47 Å². The van der Waals surface area contributed by atoms with Gasteiger partial charge in [0.1, 0.15) is 11.9 Å². The highest BCUT2D eigenvalue weighted by molar-refractivity contribution is 5.02. The van der Waals surface area contributed by atoms with E-state index in [2.05, 4.69) is 0 Å². The number of rotatable bonds is 4. The maximum atomic E-state index is 9.70. The van der Waals surface area contributed by atoms with Crippen LogP contribution >= 0.6 is 0 Å². The van der Waals surface area contributed by atoms with E-state index in [4.69, 9.17) is 9.47 Å². The molecule has 0 saturated heterocycles. The Labute approximate surface area is 79.3 Å². The first kappa shape index (κ1) is 10.5. The summed E-state index contributed by atoms with van der Waals surface area (Å²) in [6, 6.07) is 0. The average Bonchev–Trinajstić information content (AvgIpc) is 2.19. The molecule has 1 heterocycles. The molecule has 1 N–H and O–H groups in total. The summed E-state index contributed by atoms with van der Waals surface area (Å²) in [5.74, 6) is 0.718. The Kier molecular flexibility index (Phi) is 4.25. The van der Waals surface area contributed by atoms with Crippen LogP contribution in [0.4, 0.5) is 0 Å². The van der Waals surface area contributed by atoms with Crippen LogP contribution in [0.5, 0.6) is 0 Å². The first-order chi connectivity index (χ1) is 6.24. The average molecular weight is 186 g/mol. The van der Waals surface area contributed by atoms with Gasteiger partial charge in [0.25, 0.3) is 0 Å². The van der Waals surface area contributed by atoms with Gasteiger partial charge in [-0.15, -0.1) is 0 Å². The van der Waals surface area contributed by atoms with Crippen molar-refractivity contribution in [3.63, 3.8) is 0 Å². The maximum Gasteiger partial charge on any atom is 0.121 e. The van der Waals surface area contributed by atoms with Gasteiger partial charge in [-0.2, -0.15) is 0 Å². The Morgan fingerprint density at radius 3 is 3.00 bits per heavy atom. The van der Waals surface area contributed by atoms with Gasteiger partial charge in [0.2, 0.25) is 0 Å². The highest BCUT2D eigenvalue weighted by Crippen LogP contribution is 2.17. The molecule has 1 aliphatic heterocycles. The molecule has 1 rings (SSSR count). The Balaban J connectivity index is 2.37. The van der Waals surface area contributed by atoms with Gasteiger partial charge in [0.05, 0.1) is 12.7 Å². The topological polar surface area (TPSA) is 38.7 Å². The second-order valence-corrected chi connectivity index (χ2v) is 3.40. The van der Waals surface area contributed by atoms with Crippen molar-refractivity contribution in [2.75, 3.05) is 13.7 Å². The second-order valence-electron chi connectivity index (χ2n) is 3.40. The molecule has 0 aliphatic carbocycles. The zero-order chi connectivity index (χ0) is 9.68. The zero-order valence-electron chi connectivity index (χ0n) is 8.32. The fraction of sp³-hybridized carbons (Fsp3) is 0.800. The molecule has 3 heteroatoms. The molecule has 0 saturated carbocycles. The number of aliphatic hydroxyl groups is 1. The Morgan fingerprint density at radius 2 is 2.46 bits per heavy atom. The van der Waals surface area contributed by atoms with Gasteiger partial charge < -0.3 is 14.6 Å². The summed E-state index contributed by atoms with van der Waals surface area (Å²) < 4.78 is 10.4. The van der Waals surface area contributed by atoms with Gasteiger partial charge >= 0.3 is 0 Å². The lowest BCUT2D eigenvalue weighted by molar-refractivity contribution is 0.0354. The summed E-state index contributed by atoms with van der Waals surface area (Å²) in [6.45, 7) is 2.66. The maximum absolute atomic E-state index is 9.70. The molecule has 2 atom stereocenters. The van der Waals surface area contributed by atoms with E-state index in [1.807, 2.05) is 13.0 Å².